The fourth-order valence-corrected chi connectivity index (χ4v) is 8.21. The molecule has 0 aromatic carbocycles. The van der Waals surface area contributed by atoms with E-state index in [1.807, 2.05) is 21.1 Å². The monoisotopic (exact) mass is 1050 g/mol. The minimum absolute atomic E-state index is 0.179. The number of rotatable bonds is 55. The molecule has 2 atom stereocenters. The number of carboxylic acids is 1. The van der Waals surface area contributed by atoms with Crippen molar-refractivity contribution < 1.29 is 42.9 Å². The zero-order valence-corrected chi connectivity index (χ0v) is 48.9. The molecule has 0 aliphatic heterocycles. The van der Waals surface area contributed by atoms with Gasteiger partial charge in [-0.1, -0.05) is 252 Å². The molecular weight excluding hydrogens is 935 g/mol. The summed E-state index contributed by atoms with van der Waals surface area (Å²) in [5, 5.41) is 9.71. The lowest BCUT2D eigenvalue weighted by atomic mass is 10.0. The number of nitrogens with zero attached hydrogens (tertiary/aromatic N) is 1. The van der Waals surface area contributed by atoms with Crippen LogP contribution in [-0.4, -0.2) is 87.4 Å². The second-order valence-corrected chi connectivity index (χ2v) is 21.3. The first-order chi connectivity index (χ1) is 36.6. The molecule has 430 valence electrons. The van der Waals surface area contributed by atoms with E-state index in [0.717, 1.165) is 96.3 Å². The highest BCUT2D eigenvalue weighted by Gasteiger charge is 2.25. The molecule has 9 heteroatoms. The molecule has 0 amide bonds. The molecule has 2 unspecified atom stereocenters. The second-order valence-electron chi connectivity index (χ2n) is 21.3. The first kappa shape index (κ1) is 71.2. The van der Waals surface area contributed by atoms with E-state index in [0.29, 0.717) is 23.9 Å². The molecule has 0 spiro atoms. The molecule has 0 aromatic rings. The summed E-state index contributed by atoms with van der Waals surface area (Å²) in [4.78, 5) is 37.5. The Morgan fingerprint density at radius 3 is 1.13 bits per heavy atom. The van der Waals surface area contributed by atoms with Crippen LogP contribution >= 0.6 is 0 Å². The lowest BCUT2D eigenvalue weighted by molar-refractivity contribution is -0.870. The molecular formula is C66H114NO8+. The summed E-state index contributed by atoms with van der Waals surface area (Å²) in [5.41, 5.74) is 0. The van der Waals surface area contributed by atoms with Gasteiger partial charge < -0.3 is 28.5 Å². The first-order valence-electron chi connectivity index (χ1n) is 30.4. The van der Waals surface area contributed by atoms with Gasteiger partial charge in [-0.3, -0.25) is 9.59 Å². The molecule has 0 rings (SSSR count). The van der Waals surface area contributed by atoms with E-state index in [4.69, 9.17) is 18.9 Å². The summed E-state index contributed by atoms with van der Waals surface area (Å²) in [7, 11) is 5.96. The molecule has 0 fully saturated rings. The highest BCUT2D eigenvalue weighted by atomic mass is 16.7. The third kappa shape index (κ3) is 57.7. The van der Waals surface area contributed by atoms with Gasteiger partial charge in [-0.25, -0.2) is 4.79 Å². The topological polar surface area (TPSA) is 108 Å². The van der Waals surface area contributed by atoms with Crippen LogP contribution in [0.15, 0.2) is 97.2 Å². The van der Waals surface area contributed by atoms with Gasteiger partial charge in [-0.2, -0.15) is 0 Å². The number of carboxylic acid groups (broad SMARTS) is 1. The van der Waals surface area contributed by atoms with Gasteiger partial charge >= 0.3 is 17.9 Å². The van der Waals surface area contributed by atoms with Gasteiger partial charge in [0.2, 0.25) is 0 Å². The second kappa shape index (κ2) is 56.4. The number of quaternary nitrogens is 1. The molecule has 0 aliphatic carbocycles. The van der Waals surface area contributed by atoms with Crippen molar-refractivity contribution in [3.8, 4) is 0 Å². The first-order valence-corrected chi connectivity index (χ1v) is 30.4. The van der Waals surface area contributed by atoms with Crippen LogP contribution in [0.3, 0.4) is 0 Å². The number of esters is 2. The molecule has 0 aromatic heterocycles. The van der Waals surface area contributed by atoms with Gasteiger partial charge in [-0.15, -0.1) is 0 Å². The fraction of sp³-hybridized carbons (Fsp3) is 0.712. The maximum atomic E-state index is 12.9. The Bertz CT molecular complexity index is 1550. The van der Waals surface area contributed by atoms with Crippen LogP contribution in [0.1, 0.15) is 245 Å². The number of allylic oxidation sites excluding steroid dienone is 16. The highest BCUT2D eigenvalue weighted by molar-refractivity contribution is 5.71. The number of hydrogen-bond acceptors (Lipinski definition) is 7. The molecule has 0 saturated heterocycles. The van der Waals surface area contributed by atoms with E-state index in [-0.39, 0.29) is 32.2 Å². The maximum Gasteiger partial charge on any atom is 0.361 e. The van der Waals surface area contributed by atoms with Crippen LogP contribution < -0.4 is 0 Å². The number of hydrogen-bond donors (Lipinski definition) is 1. The predicted molar refractivity (Wildman–Crippen MR) is 318 cm³/mol. The van der Waals surface area contributed by atoms with Gasteiger partial charge in [0.25, 0.3) is 6.29 Å². The van der Waals surface area contributed by atoms with Crippen molar-refractivity contribution in [2.75, 3.05) is 47.5 Å². The summed E-state index contributed by atoms with van der Waals surface area (Å²) in [6.45, 7) is 4.75. The number of unbranched alkanes of at least 4 members (excludes halogenated alkanes) is 24. The smallest absolute Gasteiger partial charge is 0.361 e. The average Bonchev–Trinajstić information content (AvgIpc) is 3.38. The van der Waals surface area contributed by atoms with Crippen LogP contribution in [0.25, 0.3) is 0 Å². The molecule has 0 radical (unpaired) electrons. The quantitative estimate of drug-likeness (QED) is 0.0211. The summed E-state index contributed by atoms with van der Waals surface area (Å²) in [5.74, 6) is -2.04. The number of aliphatic carboxylic acids is 1. The Balaban J connectivity index is 4.31. The molecule has 0 saturated carbocycles. The maximum absolute atomic E-state index is 12.9. The Kier molecular flexibility index (Phi) is 53.6. The van der Waals surface area contributed by atoms with Gasteiger partial charge in [0.05, 0.1) is 34.4 Å². The number of likely N-dealkylation sites (N-methyl/N-ethyl adjacent to an activating group) is 1. The fourth-order valence-electron chi connectivity index (χ4n) is 8.21. The van der Waals surface area contributed by atoms with Crippen molar-refractivity contribution in [1.29, 1.82) is 0 Å². The lowest BCUT2D eigenvalue weighted by Crippen LogP contribution is -2.40. The van der Waals surface area contributed by atoms with Gasteiger partial charge in [0.1, 0.15) is 13.2 Å². The molecule has 75 heavy (non-hydrogen) atoms. The van der Waals surface area contributed by atoms with Gasteiger partial charge in [0, 0.05) is 12.8 Å². The third-order valence-corrected chi connectivity index (χ3v) is 12.9. The van der Waals surface area contributed by atoms with Crippen molar-refractivity contribution in [3.63, 3.8) is 0 Å². The molecule has 0 aliphatic rings. The van der Waals surface area contributed by atoms with E-state index >= 15 is 0 Å². The Hall–Kier alpha value is -3.79. The van der Waals surface area contributed by atoms with E-state index in [9.17, 15) is 19.5 Å². The van der Waals surface area contributed by atoms with Crippen molar-refractivity contribution in [2.45, 2.75) is 257 Å². The van der Waals surface area contributed by atoms with Crippen molar-refractivity contribution in [3.05, 3.63) is 97.2 Å². The van der Waals surface area contributed by atoms with Crippen molar-refractivity contribution in [1.82, 2.24) is 0 Å². The molecule has 9 nitrogen and oxygen atoms in total. The SMILES string of the molecule is CC/C=C\C/C=C\C/C=C\C/C=C\C/C=C\C/C=C\C/C=C\C/C=C\CCCCCCC(=O)OC(COC(=O)CCCCCCCCCCCCCCCCCCCCCCC)COC(OCC[N+](C)(C)C)C(=O)O. The molecule has 1 N–H and O–H groups in total. The van der Waals surface area contributed by atoms with Gasteiger partial charge in [0.15, 0.2) is 6.10 Å². The molecule has 0 bridgehead atoms. The summed E-state index contributed by atoms with van der Waals surface area (Å²) in [6.07, 6.45) is 73.4. The van der Waals surface area contributed by atoms with E-state index in [2.05, 4.69) is 111 Å². The number of carbonyl (C=O) groups is 3. The average molecular weight is 1050 g/mol. The highest BCUT2D eigenvalue weighted by Crippen LogP contribution is 2.16. The van der Waals surface area contributed by atoms with Gasteiger partial charge in [-0.05, 0) is 77.0 Å². The molecule has 0 heterocycles. The predicted octanol–water partition coefficient (Wildman–Crippen LogP) is 18.1. The Labute approximate surface area is 461 Å². The zero-order valence-electron chi connectivity index (χ0n) is 48.9. The Morgan fingerprint density at radius 2 is 0.760 bits per heavy atom. The largest absolute Gasteiger partial charge is 0.477 e. The minimum atomic E-state index is -1.52. The summed E-state index contributed by atoms with van der Waals surface area (Å²) in [6, 6.07) is 0. The van der Waals surface area contributed by atoms with Crippen LogP contribution in [-0.2, 0) is 33.3 Å². The zero-order chi connectivity index (χ0) is 54.8. The van der Waals surface area contributed by atoms with E-state index < -0.39 is 24.3 Å². The summed E-state index contributed by atoms with van der Waals surface area (Å²) >= 11 is 0. The van der Waals surface area contributed by atoms with Crippen LogP contribution in [0.4, 0.5) is 0 Å². The van der Waals surface area contributed by atoms with Crippen LogP contribution in [0, 0.1) is 0 Å². The summed E-state index contributed by atoms with van der Waals surface area (Å²) < 4.78 is 22.9. The van der Waals surface area contributed by atoms with E-state index in [1.54, 1.807) is 0 Å². The van der Waals surface area contributed by atoms with Crippen LogP contribution in [0.5, 0.6) is 0 Å². The van der Waals surface area contributed by atoms with Crippen molar-refractivity contribution >= 4 is 17.9 Å². The Morgan fingerprint density at radius 1 is 0.413 bits per heavy atom. The standard InChI is InChI=1S/C66H113NO8/c1-6-8-10-12-14-16-18-20-22-24-26-28-29-30-31-32-33-34-35-37-39-41-43-45-47-49-51-53-55-57-64(69)75-62(61-74-66(65(70)71)72-59-58-67(3,4)5)60-73-63(68)56-54-52-50-48-46-44-42-40-38-36-27-25-23-21-19-17-15-13-11-9-7-2/h8,10,14,16,20,22,26,28,30-31,33-34,37,39,43,45,62,66H,6-7,9,11-13,15,17-19,21,23-25,27,29,32,35-36,38,40-42,44,46-61H2,1-5H3/p+1/b10-8-,16-14-,22-20-,28-26-,31-30-,34-33-,39-37-,45-43-. The number of carbonyl (C=O) groups excluding carboxylic acids is 2. The van der Waals surface area contributed by atoms with E-state index in [1.165, 1.54) is 116 Å². The number of ether oxygens (including phenoxy) is 4. The van der Waals surface area contributed by atoms with Crippen LogP contribution in [0.2, 0.25) is 0 Å². The third-order valence-electron chi connectivity index (χ3n) is 12.9. The minimum Gasteiger partial charge on any atom is -0.477 e. The lowest BCUT2D eigenvalue weighted by Gasteiger charge is -2.25. The normalized spacial score (nSPS) is 13.5. The van der Waals surface area contributed by atoms with Crippen molar-refractivity contribution in [2.24, 2.45) is 0 Å².